The molecule has 6 nitrogen and oxygen atoms in total. The average Bonchev–Trinajstić information content (AvgIpc) is 3.61. The van der Waals surface area contributed by atoms with E-state index in [1.54, 1.807) is 24.4 Å². The van der Waals surface area contributed by atoms with Crippen molar-refractivity contribution in [3.63, 3.8) is 0 Å². The SMILES string of the molecule is Cc1cc(N2CCC(N3CCCC3C)C2)ccc1NC(=O)c1cc(C(=O)c2ccccc2)c[nH]1. The number of carbonyl (C=O) groups is 2. The second-order valence-electron chi connectivity index (χ2n) is 9.57. The number of nitrogens with zero attached hydrogens (tertiary/aromatic N) is 2. The lowest BCUT2D eigenvalue weighted by molar-refractivity contribution is 0.102. The van der Waals surface area contributed by atoms with Crippen LogP contribution in [0.25, 0.3) is 0 Å². The van der Waals surface area contributed by atoms with Crippen LogP contribution in [0.1, 0.15) is 58.2 Å². The van der Waals surface area contributed by atoms with Gasteiger partial charge in [-0.1, -0.05) is 30.3 Å². The maximum absolute atomic E-state index is 12.8. The summed E-state index contributed by atoms with van der Waals surface area (Å²) in [5, 5.41) is 2.99. The lowest BCUT2D eigenvalue weighted by Crippen LogP contribution is -2.39. The highest BCUT2D eigenvalue weighted by Gasteiger charge is 2.33. The Balaban J connectivity index is 1.23. The van der Waals surface area contributed by atoms with Crippen LogP contribution in [-0.2, 0) is 0 Å². The zero-order chi connectivity index (χ0) is 23.7. The number of aromatic nitrogens is 1. The van der Waals surface area contributed by atoms with Gasteiger partial charge in [-0.3, -0.25) is 14.5 Å². The fourth-order valence-corrected chi connectivity index (χ4v) is 5.33. The van der Waals surface area contributed by atoms with Gasteiger partial charge in [0.2, 0.25) is 0 Å². The molecule has 2 fully saturated rings. The van der Waals surface area contributed by atoms with E-state index in [0.29, 0.717) is 28.9 Å². The minimum Gasteiger partial charge on any atom is -0.370 e. The molecule has 0 bridgehead atoms. The van der Waals surface area contributed by atoms with Gasteiger partial charge < -0.3 is 15.2 Å². The first kappa shape index (κ1) is 22.4. The molecular weight excluding hydrogens is 424 g/mol. The van der Waals surface area contributed by atoms with Crippen LogP contribution in [0.2, 0.25) is 0 Å². The van der Waals surface area contributed by atoms with Crippen molar-refractivity contribution in [3.8, 4) is 0 Å². The third-order valence-electron chi connectivity index (χ3n) is 7.29. The molecule has 2 unspecified atom stereocenters. The summed E-state index contributed by atoms with van der Waals surface area (Å²) < 4.78 is 0. The van der Waals surface area contributed by atoms with E-state index in [0.717, 1.165) is 24.3 Å². The van der Waals surface area contributed by atoms with Crippen LogP contribution < -0.4 is 10.2 Å². The average molecular weight is 457 g/mol. The molecule has 2 aliphatic rings. The monoisotopic (exact) mass is 456 g/mol. The Morgan fingerprint density at radius 2 is 1.82 bits per heavy atom. The molecule has 34 heavy (non-hydrogen) atoms. The molecule has 2 aromatic carbocycles. The second kappa shape index (κ2) is 9.47. The van der Waals surface area contributed by atoms with Gasteiger partial charge in [0.05, 0.1) is 0 Å². The van der Waals surface area contributed by atoms with Crippen molar-refractivity contribution in [2.75, 3.05) is 29.9 Å². The minimum atomic E-state index is -0.257. The molecule has 5 rings (SSSR count). The number of H-pyrrole nitrogens is 1. The van der Waals surface area contributed by atoms with E-state index in [-0.39, 0.29) is 11.7 Å². The summed E-state index contributed by atoms with van der Waals surface area (Å²) in [5.41, 5.74) is 4.45. The largest absolute Gasteiger partial charge is 0.370 e. The highest BCUT2D eigenvalue weighted by Crippen LogP contribution is 2.30. The molecule has 1 aromatic heterocycles. The van der Waals surface area contributed by atoms with Crippen LogP contribution in [0.3, 0.4) is 0 Å². The first-order chi connectivity index (χ1) is 16.5. The summed E-state index contributed by atoms with van der Waals surface area (Å²) in [4.78, 5) is 33.5. The van der Waals surface area contributed by atoms with E-state index in [4.69, 9.17) is 0 Å². The van der Waals surface area contributed by atoms with Gasteiger partial charge in [0.15, 0.2) is 5.78 Å². The van der Waals surface area contributed by atoms with E-state index in [1.807, 2.05) is 31.2 Å². The van der Waals surface area contributed by atoms with Crippen molar-refractivity contribution >= 4 is 23.1 Å². The second-order valence-corrected chi connectivity index (χ2v) is 9.57. The Kier molecular flexibility index (Phi) is 6.24. The number of hydrogen-bond donors (Lipinski definition) is 2. The Morgan fingerprint density at radius 3 is 2.56 bits per heavy atom. The molecule has 3 aromatic rings. The molecule has 0 saturated carbocycles. The summed E-state index contributed by atoms with van der Waals surface area (Å²) in [6.07, 6.45) is 5.42. The summed E-state index contributed by atoms with van der Waals surface area (Å²) in [6.45, 7) is 7.73. The van der Waals surface area contributed by atoms with Gasteiger partial charge in [-0.05, 0) is 69.5 Å². The van der Waals surface area contributed by atoms with Gasteiger partial charge in [0.1, 0.15) is 5.69 Å². The molecule has 176 valence electrons. The van der Waals surface area contributed by atoms with Crippen molar-refractivity contribution in [3.05, 3.63) is 83.2 Å². The van der Waals surface area contributed by atoms with Crippen LogP contribution in [0.4, 0.5) is 11.4 Å². The predicted molar refractivity (Wildman–Crippen MR) is 136 cm³/mol. The molecular formula is C28H32N4O2. The lowest BCUT2D eigenvalue weighted by Gasteiger charge is -2.28. The Hall–Kier alpha value is -3.38. The maximum atomic E-state index is 12.8. The van der Waals surface area contributed by atoms with Crippen molar-refractivity contribution in [1.29, 1.82) is 0 Å². The first-order valence-electron chi connectivity index (χ1n) is 12.2. The molecule has 2 aliphatic heterocycles. The van der Waals surface area contributed by atoms with Crippen LogP contribution >= 0.6 is 0 Å². The molecule has 3 heterocycles. The Morgan fingerprint density at radius 1 is 1.00 bits per heavy atom. The first-order valence-corrected chi connectivity index (χ1v) is 12.2. The number of aromatic amines is 1. The molecule has 2 saturated heterocycles. The number of benzene rings is 2. The molecule has 0 spiro atoms. The highest BCUT2D eigenvalue weighted by atomic mass is 16.2. The van der Waals surface area contributed by atoms with Crippen molar-refractivity contribution in [2.24, 2.45) is 0 Å². The molecule has 6 heteroatoms. The van der Waals surface area contributed by atoms with Crippen LogP contribution in [0, 0.1) is 6.92 Å². The van der Waals surface area contributed by atoms with E-state index < -0.39 is 0 Å². The molecule has 1 amide bonds. The zero-order valence-electron chi connectivity index (χ0n) is 19.9. The van der Waals surface area contributed by atoms with Gasteiger partial charge in [-0.2, -0.15) is 0 Å². The number of carbonyl (C=O) groups excluding carboxylic acids is 2. The molecule has 2 N–H and O–H groups in total. The molecule has 0 radical (unpaired) electrons. The summed E-state index contributed by atoms with van der Waals surface area (Å²) >= 11 is 0. The summed E-state index contributed by atoms with van der Waals surface area (Å²) in [5.74, 6) is -0.365. The third kappa shape index (κ3) is 4.50. The van der Waals surface area contributed by atoms with Crippen LogP contribution in [-0.4, -0.2) is 53.3 Å². The number of rotatable bonds is 6. The quantitative estimate of drug-likeness (QED) is 0.520. The van der Waals surface area contributed by atoms with Gasteiger partial charge in [0, 0.05) is 53.9 Å². The highest BCUT2D eigenvalue weighted by molar-refractivity contribution is 6.11. The van der Waals surface area contributed by atoms with Crippen molar-refractivity contribution in [1.82, 2.24) is 9.88 Å². The normalized spacial score (nSPS) is 20.6. The molecule has 0 aliphatic carbocycles. The van der Waals surface area contributed by atoms with E-state index in [2.05, 4.69) is 39.2 Å². The van der Waals surface area contributed by atoms with E-state index in [9.17, 15) is 9.59 Å². The van der Waals surface area contributed by atoms with Gasteiger partial charge >= 0.3 is 0 Å². The summed E-state index contributed by atoms with van der Waals surface area (Å²) in [6, 6.07) is 18.2. The number of nitrogens with one attached hydrogen (secondary N) is 2. The van der Waals surface area contributed by atoms with Crippen LogP contribution in [0.5, 0.6) is 0 Å². The van der Waals surface area contributed by atoms with Crippen molar-refractivity contribution < 1.29 is 9.59 Å². The van der Waals surface area contributed by atoms with Crippen molar-refractivity contribution in [2.45, 2.75) is 45.2 Å². The number of amides is 1. The molecule has 2 atom stereocenters. The predicted octanol–water partition coefficient (Wildman–Crippen LogP) is 4.87. The fraction of sp³-hybridized carbons (Fsp3) is 0.357. The smallest absolute Gasteiger partial charge is 0.272 e. The van der Waals surface area contributed by atoms with Gasteiger partial charge in [-0.15, -0.1) is 0 Å². The lowest BCUT2D eigenvalue weighted by atomic mass is 10.1. The Bertz CT molecular complexity index is 1190. The van der Waals surface area contributed by atoms with Gasteiger partial charge in [-0.25, -0.2) is 0 Å². The fourth-order valence-electron chi connectivity index (χ4n) is 5.33. The number of anilines is 2. The minimum absolute atomic E-state index is 0.108. The summed E-state index contributed by atoms with van der Waals surface area (Å²) in [7, 11) is 0. The van der Waals surface area contributed by atoms with E-state index >= 15 is 0 Å². The zero-order valence-corrected chi connectivity index (χ0v) is 19.9. The number of ketones is 1. The van der Waals surface area contributed by atoms with E-state index in [1.165, 1.54) is 31.5 Å². The van der Waals surface area contributed by atoms with Crippen LogP contribution in [0.15, 0.2) is 60.8 Å². The number of hydrogen-bond acceptors (Lipinski definition) is 4. The maximum Gasteiger partial charge on any atom is 0.272 e. The Labute approximate surface area is 201 Å². The van der Waals surface area contributed by atoms with Gasteiger partial charge in [0.25, 0.3) is 5.91 Å². The standard InChI is InChI=1S/C28H32N4O2/c1-19-15-23(31-14-12-24(18-31)32-13-6-7-20(32)2)10-11-25(19)30-28(34)26-16-22(17-29-26)27(33)21-8-4-3-5-9-21/h3-5,8-11,15-17,20,24,29H,6-7,12-14,18H2,1-2H3,(H,30,34). The third-order valence-corrected chi connectivity index (χ3v) is 7.29. The number of aryl methyl sites for hydroxylation is 1. The number of likely N-dealkylation sites (tertiary alicyclic amines) is 1. The topological polar surface area (TPSA) is 68.4 Å².